The number of sulfonamides is 1. The number of aliphatic carboxylic acids is 4. The molecule has 2 aliphatic heterocycles. The number of nitrogens with one attached hydrogen (secondary N) is 6. The summed E-state index contributed by atoms with van der Waals surface area (Å²) >= 11 is 0. The minimum absolute atomic E-state index is 0.0151. The van der Waals surface area contributed by atoms with Crippen molar-refractivity contribution >= 4 is 73.5 Å². The molecule has 1 saturated heterocycles. The van der Waals surface area contributed by atoms with E-state index in [1.807, 2.05) is 6.07 Å². The lowest BCUT2D eigenvalue weighted by atomic mass is 9.96. The summed E-state index contributed by atoms with van der Waals surface area (Å²) in [6, 6.07) is 3.45. The Balaban J connectivity index is 1.20. The average Bonchev–Trinajstić information content (AvgIpc) is 3.36. The van der Waals surface area contributed by atoms with E-state index in [4.69, 9.17) is 4.74 Å². The van der Waals surface area contributed by atoms with Crippen molar-refractivity contribution in [1.29, 1.82) is 0 Å². The molecule has 0 radical (unpaired) electrons. The number of pyridine rings is 1. The SMILES string of the molecule is Cc1cc(OCCCC(=O)NCCNC(=O)[C@H](CS(=O)(=O)O)NC(=O)CN2CCN(CC(=O)O)CCC(CC(=O)O)CCN(CC(=O)O)CC2)cc(C)c1S(=O)(=O)N[C@@H](CNC(=O)CCCCc1ccc2c(n1)NCCC2)C(=O)O. The molecule has 11 N–H and O–H groups in total. The summed E-state index contributed by atoms with van der Waals surface area (Å²) in [4.78, 5) is 108. The van der Waals surface area contributed by atoms with Crippen LogP contribution < -0.4 is 36.0 Å². The van der Waals surface area contributed by atoms with E-state index in [1.165, 1.54) is 31.5 Å². The lowest BCUT2D eigenvalue weighted by Gasteiger charge is -2.32. The fourth-order valence-electron chi connectivity index (χ4n) is 9.19. The van der Waals surface area contributed by atoms with E-state index < -0.39 is 98.6 Å². The number of nitrogens with zero attached hydrogens (tertiary/aromatic N) is 4. The van der Waals surface area contributed by atoms with Crippen molar-refractivity contribution in [2.45, 2.75) is 101 Å². The van der Waals surface area contributed by atoms with Gasteiger partial charge in [-0.2, -0.15) is 13.1 Å². The zero-order valence-electron chi connectivity index (χ0n) is 45.1. The van der Waals surface area contributed by atoms with Crippen LogP contribution in [0.3, 0.4) is 0 Å². The third-order valence-electron chi connectivity index (χ3n) is 13.2. The summed E-state index contributed by atoms with van der Waals surface area (Å²) in [5, 5.41) is 51.3. The third-order valence-corrected chi connectivity index (χ3v) is 15.7. The number of ether oxygens (including phenoxy) is 1. The zero-order valence-corrected chi connectivity index (χ0v) is 46.7. The molecule has 28 nitrogen and oxygen atoms in total. The number of hydrogen-bond donors (Lipinski definition) is 11. The van der Waals surface area contributed by atoms with Gasteiger partial charge in [0.1, 0.15) is 29.4 Å². The van der Waals surface area contributed by atoms with E-state index in [-0.39, 0.29) is 125 Å². The number of carboxylic acid groups (broad SMARTS) is 4. The summed E-state index contributed by atoms with van der Waals surface area (Å²) < 4.78 is 68.4. The number of unbranched alkanes of at least 4 members (excludes halogenated alkanes) is 1. The van der Waals surface area contributed by atoms with Crippen LogP contribution in [0.15, 0.2) is 29.2 Å². The van der Waals surface area contributed by atoms with Gasteiger partial charge >= 0.3 is 23.9 Å². The highest BCUT2D eigenvalue weighted by atomic mass is 32.2. The van der Waals surface area contributed by atoms with Gasteiger partial charge in [0.15, 0.2) is 0 Å². The Morgan fingerprint density at radius 3 is 1.90 bits per heavy atom. The zero-order chi connectivity index (χ0) is 59.0. The number of carbonyl (C=O) groups excluding carboxylic acids is 4. The predicted molar refractivity (Wildman–Crippen MR) is 288 cm³/mol. The molecule has 3 heterocycles. The van der Waals surface area contributed by atoms with E-state index in [9.17, 15) is 80.2 Å². The number of carbonyl (C=O) groups is 8. The van der Waals surface area contributed by atoms with Crippen LogP contribution in [0, 0.1) is 19.8 Å². The first-order valence-corrected chi connectivity index (χ1v) is 29.5. The highest BCUT2D eigenvalue weighted by molar-refractivity contribution is 7.89. The minimum atomic E-state index is -4.83. The summed E-state index contributed by atoms with van der Waals surface area (Å²) in [5.74, 6) is -7.98. The molecule has 446 valence electrons. The van der Waals surface area contributed by atoms with Gasteiger partial charge in [-0.15, -0.1) is 0 Å². The largest absolute Gasteiger partial charge is 0.494 e. The van der Waals surface area contributed by atoms with Crippen LogP contribution in [0.1, 0.15) is 80.2 Å². The van der Waals surface area contributed by atoms with Gasteiger partial charge < -0.3 is 51.7 Å². The molecule has 1 fully saturated rings. The molecule has 4 rings (SSSR count). The molecule has 2 atom stereocenters. The summed E-state index contributed by atoms with van der Waals surface area (Å²) in [5.41, 5.74) is 2.55. The van der Waals surface area contributed by atoms with Crippen molar-refractivity contribution < 1.29 is 84.9 Å². The summed E-state index contributed by atoms with van der Waals surface area (Å²) in [6.07, 6.45) is 4.54. The van der Waals surface area contributed by atoms with Crippen molar-refractivity contribution in [2.24, 2.45) is 5.92 Å². The van der Waals surface area contributed by atoms with Gasteiger partial charge in [0.2, 0.25) is 33.7 Å². The second-order valence-corrected chi connectivity index (χ2v) is 23.0. The van der Waals surface area contributed by atoms with Crippen LogP contribution in [0.4, 0.5) is 5.82 Å². The first-order valence-electron chi connectivity index (χ1n) is 26.4. The Labute approximate surface area is 464 Å². The number of rotatable bonds is 31. The highest BCUT2D eigenvalue weighted by Crippen LogP contribution is 2.27. The molecular weight excluding hydrogens is 1090 g/mol. The van der Waals surface area contributed by atoms with Gasteiger partial charge in [-0.05, 0) is 119 Å². The van der Waals surface area contributed by atoms with Gasteiger partial charge in [-0.3, -0.25) is 57.6 Å². The molecule has 0 bridgehead atoms. The average molecular weight is 1170 g/mol. The number of aromatic nitrogens is 1. The van der Waals surface area contributed by atoms with Crippen LogP contribution in [0.5, 0.6) is 5.75 Å². The molecule has 0 saturated carbocycles. The minimum Gasteiger partial charge on any atom is -0.494 e. The Kier molecular flexibility index (Phi) is 26.9. The van der Waals surface area contributed by atoms with E-state index in [0.29, 0.717) is 32.1 Å². The molecule has 0 unspecified atom stereocenters. The molecule has 0 aliphatic carbocycles. The number of benzene rings is 1. The number of fused-ring (bicyclic) bond motifs is 1. The van der Waals surface area contributed by atoms with Crippen LogP contribution in [0.25, 0.3) is 0 Å². The maximum atomic E-state index is 13.5. The lowest BCUT2D eigenvalue weighted by Crippen LogP contribution is -2.54. The van der Waals surface area contributed by atoms with Crippen LogP contribution in [-0.4, -0.2) is 219 Å². The second kappa shape index (κ2) is 32.6. The molecule has 1 aromatic carbocycles. The maximum absolute atomic E-state index is 13.5. The predicted octanol–water partition coefficient (Wildman–Crippen LogP) is -0.959. The topological polar surface area (TPSA) is 410 Å². The van der Waals surface area contributed by atoms with Crippen LogP contribution in [-0.2, 0) is 71.3 Å². The Bertz CT molecular complexity index is 2660. The van der Waals surface area contributed by atoms with Gasteiger partial charge in [0.05, 0.1) is 31.1 Å². The lowest BCUT2D eigenvalue weighted by molar-refractivity contribution is -0.140. The number of aryl methyl sites for hydroxylation is 4. The van der Waals surface area contributed by atoms with Crippen molar-refractivity contribution in [1.82, 2.24) is 45.7 Å². The van der Waals surface area contributed by atoms with Gasteiger partial charge in [-0.1, -0.05) is 6.07 Å². The molecule has 2 aliphatic rings. The second-order valence-electron chi connectivity index (χ2n) is 19.9. The molecule has 30 heteroatoms. The summed E-state index contributed by atoms with van der Waals surface area (Å²) in [6.45, 7) is 2.56. The van der Waals surface area contributed by atoms with E-state index in [2.05, 4.69) is 42.4 Å². The quantitative estimate of drug-likeness (QED) is 0.0320. The fourth-order valence-corrected chi connectivity index (χ4v) is 11.5. The van der Waals surface area contributed by atoms with Crippen LogP contribution in [0.2, 0.25) is 0 Å². The molecule has 0 spiro atoms. The van der Waals surface area contributed by atoms with E-state index in [1.54, 1.807) is 14.7 Å². The standard InChI is InChI=1S/C50H76N10O18S2/c1-33-25-38(26-34(2)47(33)80(76,77)57-39(50(71)72)28-54-42(62)9-4-3-8-37-12-11-36-7-5-15-52-48(36)55-37)78-24-6-10-41(61)51-16-17-53-49(70)40(32-79(73,74)75)56-43(63)29-60-22-20-58(30-45(66)67)18-13-35(27-44(64)65)14-19-59(21-23-60)31-46(68)69/h11-12,25-26,35,39-40,57H,3-10,13-24,27-32H2,1-2H3,(H,51,61)(H,52,55)(H,53,70)(H,54,62)(H,56,63)(H,64,65)(H,66,67)(H,68,69)(H,71,72)(H,73,74,75)/t39-,40-/m0/s1. The number of carboxylic acids is 4. The molecule has 80 heavy (non-hydrogen) atoms. The van der Waals surface area contributed by atoms with Crippen molar-refractivity contribution in [3.8, 4) is 5.75 Å². The smallest absolute Gasteiger partial charge is 0.323 e. The van der Waals surface area contributed by atoms with Crippen molar-refractivity contribution in [2.75, 3.05) is 103 Å². The molecule has 4 amide bonds. The number of hydrogen-bond acceptors (Lipinski definition) is 18. The van der Waals surface area contributed by atoms with Crippen LogP contribution >= 0.6 is 0 Å². The van der Waals surface area contributed by atoms with Crippen molar-refractivity contribution in [3.05, 3.63) is 46.6 Å². The normalized spacial score (nSPS) is 16.0. The monoisotopic (exact) mass is 1170 g/mol. The van der Waals surface area contributed by atoms with Gasteiger partial charge in [0, 0.05) is 77.3 Å². The maximum Gasteiger partial charge on any atom is 0.323 e. The molecular formula is C50H76N10O18S2. The fraction of sp³-hybridized carbons (Fsp3) is 0.620. The number of amides is 4. The van der Waals surface area contributed by atoms with Gasteiger partial charge in [-0.25, -0.2) is 13.4 Å². The Morgan fingerprint density at radius 1 is 0.725 bits per heavy atom. The summed E-state index contributed by atoms with van der Waals surface area (Å²) in [7, 11) is -9.24. The number of anilines is 1. The van der Waals surface area contributed by atoms with E-state index in [0.717, 1.165) is 30.9 Å². The van der Waals surface area contributed by atoms with Crippen molar-refractivity contribution in [3.63, 3.8) is 0 Å². The van der Waals surface area contributed by atoms with Gasteiger partial charge in [0.25, 0.3) is 10.1 Å². The van der Waals surface area contributed by atoms with E-state index >= 15 is 0 Å². The highest BCUT2D eigenvalue weighted by Gasteiger charge is 2.30. The third kappa shape index (κ3) is 24.8. The first-order chi connectivity index (χ1) is 37.8. The molecule has 2 aromatic rings. The first kappa shape index (κ1) is 65.9. The molecule has 1 aromatic heterocycles. The Hall–Kier alpha value is -6.57. The Morgan fingerprint density at radius 2 is 1.31 bits per heavy atom.